The van der Waals surface area contributed by atoms with E-state index < -0.39 is 0 Å². The number of amides is 2. The lowest BCUT2D eigenvalue weighted by atomic mass is 9.87. The van der Waals surface area contributed by atoms with Crippen LogP contribution in [0, 0.1) is 6.92 Å². The molecule has 1 unspecified atom stereocenters. The lowest BCUT2D eigenvalue weighted by Crippen LogP contribution is -2.48. The van der Waals surface area contributed by atoms with E-state index in [1.54, 1.807) is 24.0 Å². The quantitative estimate of drug-likeness (QED) is 0.425. The van der Waals surface area contributed by atoms with Gasteiger partial charge in [0.2, 0.25) is 11.8 Å². The van der Waals surface area contributed by atoms with Gasteiger partial charge in [-0.2, -0.15) is 5.10 Å². The average Bonchev–Trinajstić information content (AvgIpc) is 3.31. The maximum Gasteiger partial charge on any atom is 0.242 e. The number of hydrogen-bond acceptors (Lipinski definition) is 7. The highest BCUT2D eigenvalue weighted by molar-refractivity contribution is 8.00. The number of carbonyl (C=O) groups is 2. The summed E-state index contributed by atoms with van der Waals surface area (Å²) >= 11 is 1.52. The van der Waals surface area contributed by atoms with Gasteiger partial charge in [0.05, 0.1) is 49.8 Å². The summed E-state index contributed by atoms with van der Waals surface area (Å²) in [5.41, 5.74) is 4.18. The van der Waals surface area contributed by atoms with Crippen LogP contribution in [0.5, 0.6) is 11.5 Å². The number of hydrogen-bond donors (Lipinski definition) is 0. The van der Waals surface area contributed by atoms with E-state index in [1.165, 1.54) is 11.8 Å². The molecular weight excluding hydrogens is 540 g/mol. The molecule has 1 saturated heterocycles. The minimum absolute atomic E-state index is 0.0740. The van der Waals surface area contributed by atoms with Gasteiger partial charge < -0.3 is 19.1 Å². The summed E-state index contributed by atoms with van der Waals surface area (Å²) in [6.07, 6.45) is 0. The smallest absolute Gasteiger partial charge is 0.242 e. The van der Waals surface area contributed by atoms with Gasteiger partial charge in [-0.3, -0.25) is 14.5 Å². The fourth-order valence-electron chi connectivity index (χ4n) is 5.35. The summed E-state index contributed by atoms with van der Waals surface area (Å²) in [5, 5.41) is 4.89. The zero-order valence-corrected chi connectivity index (χ0v) is 25.4. The molecule has 5 rings (SSSR count). The molecule has 0 aliphatic carbocycles. The molecular formula is C31H38N4O5S. The first kappa shape index (κ1) is 29.0. The number of fused-ring (bicyclic) bond motifs is 1. The molecule has 0 radical (unpaired) electrons. The molecule has 1 aromatic heterocycles. The number of nitrogens with zero attached hydrogens (tertiary/aromatic N) is 4. The Morgan fingerprint density at radius 1 is 1.10 bits per heavy atom. The predicted molar refractivity (Wildman–Crippen MR) is 161 cm³/mol. The second-order valence-corrected chi connectivity index (χ2v) is 12.5. The number of ether oxygens (including phenoxy) is 3. The predicted octanol–water partition coefficient (Wildman–Crippen LogP) is 4.52. The number of aromatic nitrogens is 2. The number of morpholine rings is 1. The summed E-state index contributed by atoms with van der Waals surface area (Å²) < 4.78 is 18.7. The summed E-state index contributed by atoms with van der Waals surface area (Å²) in [6.45, 7) is 10.3. The first-order valence-electron chi connectivity index (χ1n) is 13.8. The van der Waals surface area contributed by atoms with Crippen LogP contribution in [0.25, 0.3) is 5.69 Å². The molecule has 2 amide bonds. The van der Waals surface area contributed by atoms with E-state index in [0.717, 1.165) is 28.1 Å². The van der Waals surface area contributed by atoms with E-state index in [1.807, 2.05) is 54.1 Å². The number of rotatable bonds is 6. The van der Waals surface area contributed by atoms with E-state index in [9.17, 15) is 9.59 Å². The Morgan fingerprint density at radius 3 is 2.51 bits per heavy atom. The van der Waals surface area contributed by atoms with Gasteiger partial charge in [-0.25, -0.2) is 4.68 Å². The molecule has 0 spiro atoms. The number of anilines is 1. The lowest BCUT2D eigenvalue weighted by Gasteiger charge is -2.30. The number of methoxy groups -OCH3 is 2. The highest BCUT2D eigenvalue weighted by atomic mass is 32.2. The zero-order valence-electron chi connectivity index (χ0n) is 24.6. The number of thioether (sulfide) groups is 1. The molecule has 2 aliphatic rings. The van der Waals surface area contributed by atoms with Gasteiger partial charge >= 0.3 is 0 Å². The molecule has 0 N–H and O–H groups in total. The van der Waals surface area contributed by atoms with Gasteiger partial charge in [-0.15, -0.1) is 11.8 Å². The minimum Gasteiger partial charge on any atom is -0.497 e. The summed E-state index contributed by atoms with van der Waals surface area (Å²) in [7, 11) is 3.28. The van der Waals surface area contributed by atoms with E-state index in [-0.39, 0.29) is 34.8 Å². The number of carbonyl (C=O) groups excluding carboxylic acids is 2. The van der Waals surface area contributed by atoms with Crippen LogP contribution in [0.1, 0.15) is 48.4 Å². The van der Waals surface area contributed by atoms with Crippen molar-refractivity contribution >= 4 is 29.4 Å². The molecule has 3 aromatic rings. The van der Waals surface area contributed by atoms with Crippen LogP contribution in [-0.2, 0) is 19.7 Å². The second kappa shape index (κ2) is 11.8. The molecule has 3 heterocycles. The average molecular weight is 579 g/mol. The third-order valence-electron chi connectivity index (χ3n) is 7.42. The molecule has 218 valence electrons. The van der Waals surface area contributed by atoms with Gasteiger partial charge in [0, 0.05) is 29.6 Å². The number of aryl methyl sites for hydroxylation is 1. The molecule has 0 bridgehead atoms. The van der Waals surface area contributed by atoms with Crippen molar-refractivity contribution in [2.24, 2.45) is 0 Å². The van der Waals surface area contributed by atoms with Crippen LogP contribution in [0.15, 0.2) is 42.5 Å². The third kappa shape index (κ3) is 5.81. The monoisotopic (exact) mass is 578 g/mol. The molecule has 1 fully saturated rings. The molecule has 2 aliphatic heterocycles. The van der Waals surface area contributed by atoms with Crippen molar-refractivity contribution in [3.63, 3.8) is 0 Å². The van der Waals surface area contributed by atoms with Crippen molar-refractivity contribution in [1.82, 2.24) is 14.7 Å². The second-order valence-electron chi connectivity index (χ2n) is 11.4. The molecule has 0 saturated carbocycles. The summed E-state index contributed by atoms with van der Waals surface area (Å²) in [4.78, 5) is 31.0. The van der Waals surface area contributed by atoms with Crippen LogP contribution in [0.3, 0.4) is 0 Å². The van der Waals surface area contributed by atoms with Gasteiger partial charge in [-0.1, -0.05) is 32.9 Å². The SMILES string of the molecule is COc1ccc(OC)c(C2SCC(=O)N(CC(=O)N3CCOCC3)c3c2c(C(C)(C)C)nn3-c2cccc(C)c2)c1. The standard InChI is InChI=1S/C31H38N4O5S/c1-20-8-7-9-21(16-20)35-30-27(29(32-35)31(2,3)4)28(23-17-22(38-5)10-11-24(23)39-6)41-19-26(37)34(30)18-25(36)33-12-14-40-15-13-33/h7-11,16-17,28H,12-15,18-19H2,1-6H3. The van der Waals surface area contributed by atoms with E-state index in [0.29, 0.717) is 43.6 Å². The van der Waals surface area contributed by atoms with Crippen LogP contribution >= 0.6 is 11.8 Å². The van der Waals surface area contributed by atoms with Crippen LogP contribution in [0.4, 0.5) is 5.82 Å². The molecule has 10 heteroatoms. The Hall–Kier alpha value is -3.50. The van der Waals surface area contributed by atoms with Crippen LogP contribution in [0.2, 0.25) is 0 Å². The summed E-state index contributed by atoms with van der Waals surface area (Å²) in [6, 6.07) is 13.8. The van der Waals surface area contributed by atoms with Crippen LogP contribution in [-0.4, -0.2) is 79.3 Å². The Kier molecular flexibility index (Phi) is 8.33. The zero-order chi connectivity index (χ0) is 29.3. The lowest BCUT2D eigenvalue weighted by molar-refractivity contribution is -0.134. The van der Waals surface area contributed by atoms with E-state index in [2.05, 4.69) is 20.8 Å². The largest absolute Gasteiger partial charge is 0.497 e. The molecule has 9 nitrogen and oxygen atoms in total. The Morgan fingerprint density at radius 2 is 1.85 bits per heavy atom. The first-order chi connectivity index (χ1) is 19.6. The van der Waals surface area contributed by atoms with Crippen molar-refractivity contribution in [3.05, 3.63) is 64.8 Å². The fraction of sp³-hybridized carbons (Fsp3) is 0.452. The van der Waals surface area contributed by atoms with Gasteiger partial charge in [0.25, 0.3) is 0 Å². The molecule has 1 atom stereocenters. The summed E-state index contributed by atoms with van der Waals surface area (Å²) in [5.74, 6) is 1.95. The van der Waals surface area contributed by atoms with Crippen molar-refractivity contribution < 1.29 is 23.8 Å². The van der Waals surface area contributed by atoms with Crippen molar-refractivity contribution in [1.29, 1.82) is 0 Å². The van der Waals surface area contributed by atoms with Crippen LogP contribution < -0.4 is 14.4 Å². The minimum atomic E-state index is -0.364. The Bertz CT molecular complexity index is 1440. The van der Waals surface area contributed by atoms with E-state index >= 15 is 0 Å². The maximum atomic E-state index is 14.0. The normalized spacial score (nSPS) is 17.7. The van der Waals surface area contributed by atoms with E-state index in [4.69, 9.17) is 19.3 Å². The Labute approximate surface area is 245 Å². The highest BCUT2D eigenvalue weighted by Crippen LogP contribution is 2.51. The topological polar surface area (TPSA) is 86.1 Å². The maximum absolute atomic E-state index is 14.0. The molecule has 41 heavy (non-hydrogen) atoms. The first-order valence-corrected chi connectivity index (χ1v) is 14.9. The van der Waals surface area contributed by atoms with Crippen molar-refractivity contribution in [2.75, 3.05) is 57.7 Å². The highest BCUT2D eigenvalue weighted by Gasteiger charge is 2.41. The Balaban J connectivity index is 1.77. The molecule has 2 aromatic carbocycles. The van der Waals surface area contributed by atoms with Crippen molar-refractivity contribution in [3.8, 4) is 17.2 Å². The van der Waals surface area contributed by atoms with Gasteiger partial charge in [-0.05, 0) is 42.8 Å². The number of benzene rings is 2. The third-order valence-corrected chi connectivity index (χ3v) is 8.66. The van der Waals surface area contributed by atoms with Gasteiger partial charge in [0.1, 0.15) is 23.9 Å². The van der Waals surface area contributed by atoms with Crippen molar-refractivity contribution in [2.45, 2.75) is 38.4 Å². The fourth-order valence-corrected chi connectivity index (χ4v) is 6.56. The van der Waals surface area contributed by atoms with Gasteiger partial charge in [0.15, 0.2) is 0 Å².